The average molecular weight is 619 g/mol. The molecule has 2 aromatic carbocycles. The summed E-state index contributed by atoms with van der Waals surface area (Å²) < 4.78 is 54.8. The van der Waals surface area contributed by atoms with Crippen LogP contribution in [-0.4, -0.2) is 45.0 Å². The van der Waals surface area contributed by atoms with Gasteiger partial charge < -0.3 is 10.6 Å². The first-order chi connectivity index (χ1) is 20.8. The van der Waals surface area contributed by atoms with Crippen LogP contribution >= 0.6 is 11.8 Å². The number of nitrogens with one attached hydrogen (secondary N) is 2. The molecular formula is C30H24F2N6O3S2. The summed E-state index contributed by atoms with van der Waals surface area (Å²) in [5.41, 5.74) is 1.75. The van der Waals surface area contributed by atoms with Crippen molar-refractivity contribution >= 4 is 49.4 Å². The quantitative estimate of drug-likeness (QED) is 0.231. The molecule has 0 spiro atoms. The van der Waals surface area contributed by atoms with Crippen molar-refractivity contribution in [2.24, 2.45) is 0 Å². The van der Waals surface area contributed by atoms with Crippen LogP contribution in [0.1, 0.15) is 27.9 Å². The number of benzene rings is 2. The molecule has 6 rings (SSSR count). The zero-order chi connectivity index (χ0) is 30.0. The second-order valence-electron chi connectivity index (χ2n) is 9.67. The van der Waals surface area contributed by atoms with Gasteiger partial charge in [-0.05, 0) is 48.4 Å². The summed E-state index contributed by atoms with van der Waals surface area (Å²) in [6, 6.07) is 14.9. The van der Waals surface area contributed by atoms with E-state index in [9.17, 15) is 22.0 Å². The SMILES string of the molecule is O=C(NCc1ccc(F)c(F)c1)c1cccnc1NCC1CC=C(c2cn(S(=O)(=O)c3ccccc3)c3ncncc23)S1. The maximum absolute atomic E-state index is 13.5. The third-order valence-electron chi connectivity index (χ3n) is 6.85. The zero-order valence-corrected chi connectivity index (χ0v) is 24.1. The van der Waals surface area contributed by atoms with Crippen molar-refractivity contribution in [2.45, 2.75) is 23.1 Å². The van der Waals surface area contributed by atoms with Gasteiger partial charge in [-0.3, -0.25) is 4.79 Å². The smallest absolute Gasteiger partial charge is 0.269 e. The van der Waals surface area contributed by atoms with Gasteiger partial charge in [0.1, 0.15) is 12.1 Å². The van der Waals surface area contributed by atoms with Gasteiger partial charge in [-0.2, -0.15) is 0 Å². The molecule has 218 valence electrons. The van der Waals surface area contributed by atoms with Crippen molar-refractivity contribution in [1.82, 2.24) is 24.2 Å². The molecule has 9 nitrogen and oxygen atoms in total. The summed E-state index contributed by atoms with van der Waals surface area (Å²) >= 11 is 1.58. The van der Waals surface area contributed by atoms with Gasteiger partial charge in [0, 0.05) is 52.8 Å². The van der Waals surface area contributed by atoms with Gasteiger partial charge in [-0.1, -0.05) is 30.3 Å². The van der Waals surface area contributed by atoms with Gasteiger partial charge in [0.05, 0.1) is 10.5 Å². The van der Waals surface area contributed by atoms with Gasteiger partial charge in [0.2, 0.25) is 0 Å². The Morgan fingerprint density at radius 1 is 1.05 bits per heavy atom. The predicted molar refractivity (Wildman–Crippen MR) is 161 cm³/mol. The molecule has 0 fully saturated rings. The third-order valence-corrected chi connectivity index (χ3v) is 9.85. The molecule has 2 N–H and O–H groups in total. The van der Waals surface area contributed by atoms with Crippen LogP contribution in [0.5, 0.6) is 0 Å². The van der Waals surface area contributed by atoms with Crippen LogP contribution in [0.4, 0.5) is 14.6 Å². The highest BCUT2D eigenvalue weighted by molar-refractivity contribution is 8.09. The Labute approximate surface area is 250 Å². The standard InChI is InChI=1S/C30H24F2N6O3S2/c31-25-10-8-19(13-26(25)32)14-36-30(39)22-7-4-12-34-28(22)35-15-20-9-11-27(42-20)24-17-38(29-23(24)16-33-18-37-29)43(40,41)21-5-2-1-3-6-21/h1-8,10-13,16-18,20H,9,14-15H2,(H,34,35)(H,36,39). The van der Waals surface area contributed by atoms with E-state index in [4.69, 9.17) is 0 Å². The summed E-state index contributed by atoms with van der Waals surface area (Å²) in [6.45, 7) is 0.496. The van der Waals surface area contributed by atoms with Crippen LogP contribution in [0.25, 0.3) is 15.9 Å². The van der Waals surface area contributed by atoms with E-state index in [1.807, 2.05) is 6.08 Å². The summed E-state index contributed by atoms with van der Waals surface area (Å²) in [5, 5.41) is 6.66. The van der Waals surface area contributed by atoms with Crippen LogP contribution in [0, 0.1) is 11.6 Å². The van der Waals surface area contributed by atoms with Crippen LogP contribution in [0.15, 0.2) is 96.6 Å². The molecule has 13 heteroatoms. The first kappa shape index (κ1) is 28.5. The number of carbonyl (C=O) groups is 1. The second kappa shape index (κ2) is 11.9. The fourth-order valence-electron chi connectivity index (χ4n) is 4.70. The fraction of sp³-hybridized carbons (Fsp3) is 0.133. The molecule has 0 radical (unpaired) electrons. The van der Waals surface area contributed by atoms with E-state index in [-0.39, 0.29) is 16.7 Å². The largest absolute Gasteiger partial charge is 0.368 e. The third kappa shape index (κ3) is 5.86. The lowest BCUT2D eigenvalue weighted by atomic mass is 10.2. The van der Waals surface area contributed by atoms with E-state index in [2.05, 4.69) is 25.6 Å². The Kier molecular flexibility index (Phi) is 7.91. The normalized spacial score (nSPS) is 14.9. The summed E-state index contributed by atoms with van der Waals surface area (Å²) in [4.78, 5) is 26.7. The Balaban J connectivity index is 1.14. The molecule has 4 heterocycles. The van der Waals surface area contributed by atoms with E-state index < -0.39 is 27.6 Å². The number of fused-ring (bicyclic) bond motifs is 1. The molecule has 1 aliphatic heterocycles. The molecule has 0 bridgehead atoms. The molecule has 1 aliphatic rings. The number of hydrogen-bond donors (Lipinski definition) is 2. The Morgan fingerprint density at radius 3 is 2.70 bits per heavy atom. The van der Waals surface area contributed by atoms with E-state index in [1.165, 1.54) is 16.4 Å². The maximum Gasteiger partial charge on any atom is 0.269 e. The number of aromatic nitrogens is 4. The fourth-order valence-corrected chi connectivity index (χ4v) is 7.25. The minimum absolute atomic E-state index is 0.0213. The molecule has 5 aromatic rings. The number of carbonyl (C=O) groups excluding carboxylic acids is 1. The van der Waals surface area contributed by atoms with Crippen LogP contribution in [0.2, 0.25) is 0 Å². The lowest BCUT2D eigenvalue weighted by Gasteiger charge is -2.14. The predicted octanol–water partition coefficient (Wildman–Crippen LogP) is 5.23. The summed E-state index contributed by atoms with van der Waals surface area (Å²) in [5.74, 6) is -1.95. The first-order valence-electron chi connectivity index (χ1n) is 13.2. The molecule has 1 atom stereocenters. The highest BCUT2D eigenvalue weighted by Gasteiger charge is 2.27. The van der Waals surface area contributed by atoms with Gasteiger partial charge in [0.25, 0.3) is 15.9 Å². The minimum atomic E-state index is -3.88. The first-order valence-corrected chi connectivity index (χ1v) is 15.5. The molecule has 0 aliphatic carbocycles. The van der Waals surface area contributed by atoms with Crippen LogP contribution in [-0.2, 0) is 16.6 Å². The van der Waals surface area contributed by atoms with Gasteiger partial charge in [0.15, 0.2) is 17.3 Å². The lowest BCUT2D eigenvalue weighted by Crippen LogP contribution is -2.25. The molecule has 1 unspecified atom stereocenters. The number of pyridine rings is 1. The van der Waals surface area contributed by atoms with E-state index in [0.717, 1.165) is 22.6 Å². The lowest BCUT2D eigenvalue weighted by molar-refractivity contribution is 0.0951. The molecule has 43 heavy (non-hydrogen) atoms. The van der Waals surface area contributed by atoms with Gasteiger partial charge in [-0.25, -0.2) is 36.1 Å². The number of amides is 1. The number of nitrogens with zero attached hydrogens (tertiary/aromatic N) is 4. The summed E-state index contributed by atoms with van der Waals surface area (Å²) in [6.07, 6.45) is 8.84. The van der Waals surface area contributed by atoms with Crippen molar-refractivity contribution in [2.75, 3.05) is 11.9 Å². The summed E-state index contributed by atoms with van der Waals surface area (Å²) in [7, 11) is -3.88. The Hall–Kier alpha value is -4.62. The van der Waals surface area contributed by atoms with Crippen molar-refractivity contribution in [3.05, 3.63) is 120 Å². The maximum atomic E-state index is 13.5. The zero-order valence-electron chi connectivity index (χ0n) is 22.4. The second-order valence-corrected chi connectivity index (χ2v) is 12.8. The molecule has 0 saturated heterocycles. The number of halogens is 2. The monoisotopic (exact) mass is 618 g/mol. The van der Waals surface area contributed by atoms with Crippen molar-refractivity contribution < 1.29 is 22.0 Å². The molecule has 0 saturated carbocycles. The number of rotatable bonds is 9. The van der Waals surface area contributed by atoms with Gasteiger partial charge >= 0.3 is 0 Å². The minimum Gasteiger partial charge on any atom is -0.368 e. The van der Waals surface area contributed by atoms with Gasteiger partial charge in [-0.15, -0.1) is 11.8 Å². The topological polar surface area (TPSA) is 119 Å². The molecular weight excluding hydrogens is 594 g/mol. The Bertz CT molecular complexity index is 1970. The molecule has 1 amide bonds. The van der Waals surface area contributed by atoms with Crippen molar-refractivity contribution in [3.63, 3.8) is 0 Å². The average Bonchev–Trinajstić information content (AvgIpc) is 3.66. The highest BCUT2D eigenvalue weighted by atomic mass is 32.2. The number of thioether (sulfide) groups is 1. The van der Waals surface area contributed by atoms with Crippen LogP contribution in [0.3, 0.4) is 0 Å². The Morgan fingerprint density at radius 2 is 1.88 bits per heavy atom. The number of allylic oxidation sites excluding steroid dienone is 1. The van der Waals surface area contributed by atoms with Crippen LogP contribution < -0.4 is 10.6 Å². The van der Waals surface area contributed by atoms with Crippen molar-refractivity contribution in [3.8, 4) is 0 Å². The van der Waals surface area contributed by atoms with E-state index >= 15 is 0 Å². The van der Waals surface area contributed by atoms with Crippen molar-refractivity contribution in [1.29, 1.82) is 0 Å². The van der Waals surface area contributed by atoms with E-state index in [1.54, 1.807) is 72.8 Å². The number of hydrogen-bond acceptors (Lipinski definition) is 8. The van der Waals surface area contributed by atoms with E-state index in [0.29, 0.717) is 40.9 Å². The molecule has 3 aromatic heterocycles. The highest BCUT2D eigenvalue weighted by Crippen LogP contribution is 2.42. The number of anilines is 1.